The normalized spacial score (nSPS) is 16.1. The van der Waals surface area contributed by atoms with Crippen molar-refractivity contribution < 1.29 is 9.90 Å². The number of aliphatic carboxylic acids is 1. The molecule has 0 saturated carbocycles. The predicted molar refractivity (Wildman–Crippen MR) is 70.9 cm³/mol. The Kier molecular flexibility index (Phi) is 4.00. The summed E-state index contributed by atoms with van der Waals surface area (Å²) < 4.78 is 0. The number of aryl methyl sites for hydroxylation is 1. The molecule has 2 rings (SSSR count). The van der Waals surface area contributed by atoms with Gasteiger partial charge in [0.05, 0.1) is 5.56 Å². The van der Waals surface area contributed by atoms with Gasteiger partial charge < -0.3 is 10.0 Å². The number of carboxylic acid groups (broad SMARTS) is 1. The van der Waals surface area contributed by atoms with E-state index < -0.39 is 5.97 Å². The fourth-order valence-electron chi connectivity index (χ4n) is 2.47. The van der Waals surface area contributed by atoms with Gasteiger partial charge in [0.25, 0.3) is 0 Å². The van der Waals surface area contributed by atoms with E-state index in [9.17, 15) is 4.79 Å². The van der Waals surface area contributed by atoms with Crippen LogP contribution in [0.4, 0.5) is 5.82 Å². The summed E-state index contributed by atoms with van der Waals surface area (Å²) in [6, 6.07) is 5.79. The maximum atomic E-state index is 10.7. The molecule has 0 amide bonds. The number of aromatic nitrogens is 1. The quantitative estimate of drug-likeness (QED) is 0.897. The van der Waals surface area contributed by atoms with Gasteiger partial charge in [0.1, 0.15) is 11.9 Å². The van der Waals surface area contributed by atoms with Crippen LogP contribution in [0.5, 0.6) is 0 Å². The lowest BCUT2D eigenvalue weighted by atomic mass is 9.93. The maximum Gasteiger partial charge on any atom is 0.303 e. The van der Waals surface area contributed by atoms with E-state index in [0.717, 1.165) is 37.4 Å². The van der Waals surface area contributed by atoms with Crippen LogP contribution in [0.3, 0.4) is 0 Å². The summed E-state index contributed by atoms with van der Waals surface area (Å²) in [7, 11) is 0. The van der Waals surface area contributed by atoms with Gasteiger partial charge in [-0.3, -0.25) is 4.79 Å². The van der Waals surface area contributed by atoms with Crippen LogP contribution in [0.1, 0.15) is 30.5 Å². The molecule has 1 aromatic heterocycles. The topological polar surface area (TPSA) is 77.2 Å². The second-order valence-corrected chi connectivity index (χ2v) is 4.96. The number of carbonyl (C=O) groups is 1. The molecule has 1 N–H and O–H groups in total. The van der Waals surface area contributed by atoms with Gasteiger partial charge in [-0.05, 0) is 37.8 Å². The second kappa shape index (κ2) is 5.70. The Bertz CT molecular complexity index is 514. The van der Waals surface area contributed by atoms with E-state index in [1.54, 1.807) is 6.07 Å². The van der Waals surface area contributed by atoms with Crippen molar-refractivity contribution in [2.75, 3.05) is 18.0 Å². The lowest BCUT2D eigenvalue weighted by Crippen LogP contribution is -2.35. The number of rotatable bonds is 3. The van der Waals surface area contributed by atoms with Crippen LogP contribution < -0.4 is 4.90 Å². The zero-order valence-electron chi connectivity index (χ0n) is 11.0. The van der Waals surface area contributed by atoms with Gasteiger partial charge in [0, 0.05) is 25.2 Å². The zero-order chi connectivity index (χ0) is 13.8. The van der Waals surface area contributed by atoms with Crippen LogP contribution >= 0.6 is 0 Å². The first-order chi connectivity index (χ1) is 9.10. The van der Waals surface area contributed by atoms with Gasteiger partial charge in [0.15, 0.2) is 0 Å². The Morgan fingerprint density at radius 1 is 1.53 bits per heavy atom. The van der Waals surface area contributed by atoms with E-state index in [0.29, 0.717) is 5.56 Å². The fraction of sp³-hybridized carbons (Fsp3) is 0.500. The van der Waals surface area contributed by atoms with Crippen molar-refractivity contribution in [3.8, 4) is 6.07 Å². The highest BCUT2D eigenvalue weighted by atomic mass is 16.4. The highest BCUT2D eigenvalue weighted by molar-refractivity contribution is 5.67. The van der Waals surface area contributed by atoms with Crippen molar-refractivity contribution >= 4 is 11.8 Å². The number of nitrogens with zero attached hydrogens (tertiary/aromatic N) is 3. The van der Waals surface area contributed by atoms with Crippen molar-refractivity contribution in [1.29, 1.82) is 5.26 Å². The molecule has 0 spiro atoms. The first-order valence-electron chi connectivity index (χ1n) is 6.44. The molecule has 0 aromatic carbocycles. The van der Waals surface area contributed by atoms with Gasteiger partial charge in [-0.1, -0.05) is 0 Å². The first kappa shape index (κ1) is 13.3. The summed E-state index contributed by atoms with van der Waals surface area (Å²) in [6.45, 7) is 3.44. The minimum Gasteiger partial charge on any atom is -0.481 e. The van der Waals surface area contributed by atoms with Gasteiger partial charge in [-0.15, -0.1) is 0 Å². The van der Waals surface area contributed by atoms with E-state index in [1.165, 1.54) is 0 Å². The minimum absolute atomic E-state index is 0.236. The number of anilines is 1. The average molecular weight is 259 g/mol. The molecule has 1 fully saturated rings. The maximum absolute atomic E-state index is 10.7. The van der Waals surface area contributed by atoms with E-state index in [2.05, 4.69) is 16.0 Å². The molecule has 0 radical (unpaired) electrons. The molecule has 5 heteroatoms. The van der Waals surface area contributed by atoms with Crippen molar-refractivity contribution in [2.24, 2.45) is 5.92 Å². The number of hydrogen-bond acceptors (Lipinski definition) is 4. The Hall–Kier alpha value is -2.09. The molecule has 19 heavy (non-hydrogen) atoms. The molecule has 1 saturated heterocycles. The van der Waals surface area contributed by atoms with E-state index >= 15 is 0 Å². The average Bonchev–Trinajstić information content (AvgIpc) is 2.39. The van der Waals surface area contributed by atoms with Crippen molar-refractivity contribution in [3.63, 3.8) is 0 Å². The number of nitriles is 1. The molecule has 0 bridgehead atoms. The number of piperidine rings is 1. The summed E-state index contributed by atoms with van der Waals surface area (Å²) in [4.78, 5) is 17.2. The smallest absolute Gasteiger partial charge is 0.303 e. The van der Waals surface area contributed by atoms with Crippen LogP contribution in [-0.4, -0.2) is 29.1 Å². The summed E-state index contributed by atoms with van der Waals surface area (Å²) in [5.74, 6) is 0.241. The molecule has 1 aliphatic heterocycles. The van der Waals surface area contributed by atoms with E-state index in [-0.39, 0.29) is 12.3 Å². The number of pyridine rings is 1. The first-order valence-corrected chi connectivity index (χ1v) is 6.44. The van der Waals surface area contributed by atoms with Crippen molar-refractivity contribution in [1.82, 2.24) is 4.98 Å². The summed E-state index contributed by atoms with van der Waals surface area (Å²) in [5.41, 5.74) is 1.48. The minimum atomic E-state index is -0.732. The molecular weight excluding hydrogens is 242 g/mol. The largest absolute Gasteiger partial charge is 0.481 e. The molecule has 2 heterocycles. The zero-order valence-corrected chi connectivity index (χ0v) is 11.0. The van der Waals surface area contributed by atoms with Gasteiger partial charge in [-0.25, -0.2) is 4.98 Å². The molecule has 0 unspecified atom stereocenters. The Morgan fingerprint density at radius 2 is 2.21 bits per heavy atom. The van der Waals surface area contributed by atoms with Crippen LogP contribution in [-0.2, 0) is 4.79 Å². The van der Waals surface area contributed by atoms with Gasteiger partial charge in [-0.2, -0.15) is 5.26 Å². The summed E-state index contributed by atoms with van der Waals surface area (Å²) in [5, 5.41) is 17.9. The third kappa shape index (κ3) is 3.22. The van der Waals surface area contributed by atoms with Crippen LogP contribution in [0.25, 0.3) is 0 Å². The lowest BCUT2D eigenvalue weighted by molar-refractivity contribution is -0.138. The van der Waals surface area contributed by atoms with Crippen LogP contribution in [0.2, 0.25) is 0 Å². The van der Waals surface area contributed by atoms with E-state index in [4.69, 9.17) is 10.4 Å². The molecule has 1 aliphatic rings. The Labute approximate surface area is 112 Å². The summed E-state index contributed by atoms with van der Waals surface area (Å²) in [6.07, 6.45) is 1.92. The fourth-order valence-corrected chi connectivity index (χ4v) is 2.47. The molecule has 100 valence electrons. The SMILES string of the molecule is Cc1ccc(C#N)c(N2CCC(CC(=O)O)CC2)n1. The van der Waals surface area contributed by atoms with Crippen molar-refractivity contribution in [3.05, 3.63) is 23.4 Å². The second-order valence-electron chi connectivity index (χ2n) is 4.96. The Balaban J connectivity index is 2.07. The third-order valence-corrected chi connectivity index (χ3v) is 3.51. The van der Waals surface area contributed by atoms with Gasteiger partial charge in [0.2, 0.25) is 0 Å². The Morgan fingerprint density at radius 3 is 2.79 bits per heavy atom. The monoisotopic (exact) mass is 259 g/mol. The molecule has 0 atom stereocenters. The highest BCUT2D eigenvalue weighted by Crippen LogP contribution is 2.26. The molecule has 0 aliphatic carbocycles. The highest BCUT2D eigenvalue weighted by Gasteiger charge is 2.23. The summed E-state index contributed by atoms with van der Waals surface area (Å²) >= 11 is 0. The van der Waals surface area contributed by atoms with Crippen LogP contribution in [0, 0.1) is 24.2 Å². The van der Waals surface area contributed by atoms with Crippen molar-refractivity contribution in [2.45, 2.75) is 26.2 Å². The van der Waals surface area contributed by atoms with E-state index in [1.807, 2.05) is 13.0 Å². The molecule has 5 nitrogen and oxygen atoms in total. The molecular formula is C14H17N3O2. The standard InChI is InChI=1S/C14H17N3O2/c1-10-2-3-12(9-15)14(16-10)17-6-4-11(5-7-17)8-13(18)19/h2-3,11H,4-8H2,1H3,(H,18,19). The number of hydrogen-bond donors (Lipinski definition) is 1. The van der Waals surface area contributed by atoms with Crippen LogP contribution in [0.15, 0.2) is 12.1 Å². The third-order valence-electron chi connectivity index (χ3n) is 3.51. The molecule has 1 aromatic rings. The van der Waals surface area contributed by atoms with Gasteiger partial charge >= 0.3 is 5.97 Å². The lowest BCUT2D eigenvalue weighted by Gasteiger charge is -2.32. The predicted octanol–water partition coefficient (Wildman–Crippen LogP) is 1.95. The number of carboxylic acids is 1.